The molecular weight excluding hydrogens is 346 g/mol. The fraction of sp³-hybridized carbons (Fsp3) is 0.368. The van der Waals surface area contributed by atoms with Crippen LogP contribution in [0, 0.1) is 0 Å². The van der Waals surface area contributed by atoms with Crippen molar-refractivity contribution in [2.75, 3.05) is 34.8 Å². The molecule has 8 heteroatoms. The maximum atomic E-state index is 13.3. The standard InChI is InChI=1S/C19H21N5O3/c1-2-20-19-21-10-15-16(22-19)23-8-4-7-14(23)11-24(17(15)25)13-6-3-5-12(9-13)18(26)27/h3,5-6,9-10,14H,2,4,7-8,11H2,1H3,(H,26,27)(H,20,21,22). The van der Waals surface area contributed by atoms with Gasteiger partial charge in [-0.25, -0.2) is 9.78 Å². The van der Waals surface area contributed by atoms with Gasteiger partial charge in [0, 0.05) is 37.6 Å². The van der Waals surface area contributed by atoms with Gasteiger partial charge in [0.1, 0.15) is 11.4 Å². The van der Waals surface area contributed by atoms with Gasteiger partial charge in [-0.2, -0.15) is 4.98 Å². The quantitative estimate of drug-likeness (QED) is 0.855. The van der Waals surface area contributed by atoms with Crippen LogP contribution in [0.5, 0.6) is 0 Å². The van der Waals surface area contributed by atoms with Gasteiger partial charge >= 0.3 is 5.97 Å². The molecule has 2 aliphatic heterocycles. The highest BCUT2D eigenvalue weighted by Crippen LogP contribution is 2.34. The van der Waals surface area contributed by atoms with Gasteiger partial charge in [-0.3, -0.25) is 4.79 Å². The average Bonchev–Trinajstić information content (AvgIpc) is 3.10. The molecule has 2 aliphatic rings. The zero-order valence-corrected chi connectivity index (χ0v) is 15.1. The number of carboxylic acid groups (broad SMARTS) is 1. The van der Waals surface area contributed by atoms with Crippen molar-refractivity contribution in [1.29, 1.82) is 0 Å². The lowest BCUT2D eigenvalue weighted by Crippen LogP contribution is -2.39. The van der Waals surface area contributed by atoms with Crippen LogP contribution in [0.4, 0.5) is 17.5 Å². The first-order valence-electron chi connectivity index (χ1n) is 9.11. The molecule has 1 unspecified atom stereocenters. The van der Waals surface area contributed by atoms with E-state index >= 15 is 0 Å². The Hall–Kier alpha value is -3.16. The Morgan fingerprint density at radius 3 is 3.04 bits per heavy atom. The molecule has 1 fully saturated rings. The summed E-state index contributed by atoms with van der Waals surface area (Å²) in [4.78, 5) is 37.3. The summed E-state index contributed by atoms with van der Waals surface area (Å²) in [5, 5.41) is 12.4. The highest BCUT2D eigenvalue weighted by atomic mass is 16.4. The number of carbonyl (C=O) groups excluding carboxylic acids is 1. The Morgan fingerprint density at radius 2 is 2.26 bits per heavy atom. The van der Waals surface area contributed by atoms with Gasteiger partial charge in [0.25, 0.3) is 5.91 Å². The van der Waals surface area contributed by atoms with Crippen molar-refractivity contribution < 1.29 is 14.7 Å². The summed E-state index contributed by atoms with van der Waals surface area (Å²) in [6.07, 6.45) is 3.56. The van der Waals surface area contributed by atoms with Crippen molar-refractivity contribution >= 4 is 29.3 Å². The Bertz CT molecular complexity index is 901. The zero-order valence-electron chi connectivity index (χ0n) is 15.1. The molecule has 27 heavy (non-hydrogen) atoms. The van der Waals surface area contributed by atoms with Crippen LogP contribution in [0.3, 0.4) is 0 Å². The van der Waals surface area contributed by atoms with Gasteiger partial charge in [-0.05, 0) is 38.0 Å². The lowest BCUT2D eigenvalue weighted by Gasteiger charge is -2.27. The topological polar surface area (TPSA) is 98.7 Å². The van der Waals surface area contributed by atoms with Gasteiger partial charge in [-0.1, -0.05) is 6.07 Å². The summed E-state index contributed by atoms with van der Waals surface area (Å²) in [6.45, 7) is 4.01. The molecule has 140 valence electrons. The number of carboxylic acids is 1. The van der Waals surface area contributed by atoms with E-state index in [2.05, 4.69) is 20.2 Å². The molecule has 0 saturated carbocycles. The molecule has 1 atom stereocenters. The van der Waals surface area contributed by atoms with E-state index in [-0.39, 0.29) is 17.5 Å². The molecule has 3 heterocycles. The lowest BCUT2D eigenvalue weighted by molar-refractivity contribution is 0.0696. The molecule has 2 aromatic rings. The van der Waals surface area contributed by atoms with Gasteiger partial charge in [0.2, 0.25) is 5.95 Å². The number of rotatable bonds is 4. The van der Waals surface area contributed by atoms with E-state index in [1.807, 2.05) is 6.92 Å². The van der Waals surface area contributed by atoms with E-state index in [1.165, 1.54) is 6.07 Å². The number of fused-ring (bicyclic) bond motifs is 3. The highest BCUT2D eigenvalue weighted by Gasteiger charge is 2.37. The van der Waals surface area contributed by atoms with Crippen molar-refractivity contribution in [3.63, 3.8) is 0 Å². The van der Waals surface area contributed by atoms with Crippen molar-refractivity contribution in [1.82, 2.24) is 9.97 Å². The van der Waals surface area contributed by atoms with Crippen molar-refractivity contribution in [2.24, 2.45) is 0 Å². The molecule has 1 aromatic carbocycles. The molecular formula is C19H21N5O3. The third kappa shape index (κ3) is 3.07. The van der Waals surface area contributed by atoms with Crippen LogP contribution in [0.2, 0.25) is 0 Å². The fourth-order valence-corrected chi connectivity index (χ4v) is 3.76. The summed E-state index contributed by atoms with van der Waals surface area (Å²) < 4.78 is 0. The van der Waals surface area contributed by atoms with E-state index in [0.717, 1.165) is 19.4 Å². The first-order chi connectivity index (χ1) is 13.1. The second kappa shape index (κ2) is 6.86. The number of aromatic nitrogens is 2. The Balaban J connectivity index is 1.79. The van der Waals surface area contributed by atoms with Crippen LogP contribution in [0.15, 0.2) is 30.5 Å². The minimum Gasteiger partial charge on any atom is -0.478 e. The van der Waals surface area contributed by atoms with E-state index in [9.17, 15) is 14.7 Å². The van der Waals surface area contributed by atoms with Gasteiger partial charge < -0.3 is 20.2 Å². The highest BCUT2D eigenvalue weighted by molar-refractivity contribution is 6.10. The molecule has 1 aromatic heterocycles. The normalized spacial score (nSPS) is 18.7. The van der Waals surface area contributed by atoms with Crippen LogP contribution >= 0.6 is 0 Å². The van der Waals surface area contributed by atoms with Crippen molar-refractivity contribution in [2.45, 2.75) is 25.8 Å². The number of hydrogen-bond donors (Lipinski definition) is 2. The summed E-state index contributed by atoms with van der Waals surface area (Å²) in [5.41, 5.74) is 1.18. The van der Waals surface area contributed by atoms with Crippen LogP contribution in [-0.4, -0.2) is 52.6 Å². The largest absolute Gasteiger partial charge is 0.478 e. The summed E-state index contributed by atoms with van der Waals surface area (Å²) in [6, 6.07) is 6.64. The average molecular weight is 367 g/mol. The number of anilines is 3. The maximum Gasteiger partial charge on any atom is 0.335 e. The van der Waals surface area contributed by atoms with Crippen LogP contribution in [0.1, 0.15) is 40.5 Å². The molecule has 8 nitrogen and oxygen atoms in total. The molecule has 0 spiro atoms. The minimum atomic E-state index is -1.01. The first kappa shape index (κ1) is 17.3. The summed E-state index contributed by atoms with van der Waals surface area (Å²) in [5.74, 6) is -0.0491. The number of nitrogens with one attached hydrogen (secondary N) is 1. The second-order valence-electron chi connectivity index (χ2n) is 6.72. The van der Waals surface area contributed by atoms with Crippen LogP contribution < -0.4 is 15.1 Å². The molecule has 0 bridgehead atoms. The predicted octanol–water partition coefficient (Wildman–Crippen LogP) is 2.24. The van der Waals surface area contributed by atoms with Gasteiger partial charge in [-0.15, -0.1) is 0 Å². The third-order valence-corrected chi connectivity index (χ3v) is 5.03. The molecule has 1 saturated heterocycles. The summed E-state index contributed by atoms with van der Waals surface area (Å²) in [7, 11) is 0. The lowest BCUT2D eigenvalue weighted by atomic mass is 10.1. The molecule has 0 aliphatic carbocycles. The number of hydrogen-bond acceptors (Lipinski definition) is 6. The van der Waals surface area contributed by atoms with Crippen molar-refractivity contribution in [3.8, 4) is 0 Å². The fourth-order valence-electron chi connectivity index (χ4n) is 3.76. The summed E-state index contributed by atoms with van der Waals surface area (Å²) >= 11 is 0. The minimum absolute atomic E-state index is 0.146. The molecule has 4 rings (SSSR count). The zero-order chi connectivity index (χ0) is 19.0. The van der Waals surface area contributed by atoms with Crippen LogP contribution in [0.25, 0.3) is 0 Å². The van der Waals surface area contributed by atoms with E-state index in [0.29, 0.717) is 36.1 Å². The Labute approximate surface area is 156 Å². The Morgan fingerprint density at radius 1 is 1.41 bits per heavy atom. The van der Waals surface area contributed by atoms with Crippen molar-refractivity contribution in [3.05, 3.63) is 41.6 Å². The van der Waals surface area contributed by atoms with Gasteiger partial charge in [0.15, 0.2) is 0 Å². The number of amides is 1. The van der Waals surface area contributed by atoms with E-state index in [1.54, 1.807) is 29.3 Å². The van der Waals surface area contributed by atoms with E-state index < -0.39 is 5.97 Å². The smallest absolute Gasteiger partial charge is 0.335 e. The monoisotopic (exact) mass is 367 g/mol. The molecule has 0 radical (unpaired) electrons. The predicted molar refractivity (Wildman–Crippen MR) is 102 cm³/mol. The SMILES string of the molecule is CCNc1ncc2c(n1)N1CCCC1CN(c1cccc(C(=O)O)c1)C2=O. The maximum absolute atomic E-state index is 13.3. The van der Waals surface area contributed by atoms with E-state index in [4.69, 9.17) is 0 Å². The van der Waals surface area contributed by atoms with Crippen LogP contribution in [-0.2, 0) is 0 Å². The third-order valence-electron chi connectivity index (χ3n) is 5.03. The molecule has 1 amide bonds. The number of benzene rings is 1. The number of aromatic carboxylic acids is 1. The second-order valence-corrected chi connectivity index (χ2v) is 6.72. The first-order valence-corrected chi connectivity index (χ1v) is 9.11. The molecule has 2 N–H and O–H groups in total. The number of carbonyl (C=O) groups is 2. The number of nitrogens with zero attached hydrogens (tertiary/aromatic N) is 4. The van der Waals surface area contributed by atoms with Gasteiger partial charge in [0.05, 0.1) is 5.56 Å². The Kier molecular flexibility index (Phi) is 4.39.